The van der Waals surface area contributed by atoms with E-state index in [-0.39, 0.29) is 12.2 Å². The molecule has 2 aromatic rings. The highest BCUT2D eigenvalue weighted by Gasteiger charge is 2.09. The highest BCUT2D eigenvalue weighted by molar-refractivity contribution is 9.10. The Morgan fingerprint density at radius 2 is 2.22 bits per heavy atom. The Hall–Kier alpha value is -1.40. The van der Waals surface area contributed by atoms with Crippen molar-refractivity contribution in [2.45, 2.75) is 12.8 Å². The minimum absolute atomic E-state index is 0.0685. The molecule has 94 valence electrons. The number of thiazole rings is 1. The van der Waals surface area contributed by atoms with Crippen LogP contribution in [0.4, 0.5) is 0 Å². The Kier molecular flexibility index (Phi) is 3.98. The fraction of sp³-hybridized carbons (Fsp3) is 0.167. The highest BCUT2D eigenvalue weighted by atomic mass is 79.9. The zero-order valence-corrected chi connectivity index (χ0v) is 11.7. The molecule has 0 saturated heterocycles. The third kappa shape index (κ3) is 3.30. The van der Waals surface area contributed by atoms with Gasteiger partial charge in [0.1, 0.15) is 5.75 Å². The number of hydrogen-bond acceptors (Lipinski definition) is 4. The highest BCUT2D eigenvalue weighted by Crippen LogP contribution is 2.25. The maximum absolute atomic E-state index is 10.6. The van der Waals surface area contributed by atoms with Gasteiger partial charge in [-0.25, -0.2) is 4.98 Å². The number of aliphatic carboxylic acids is 1. The smallest absolute Gasteiger partial charge is 0.309 e. The van der Waals surface area contributed by atoms with Crippen LogP contribution in [0.15, 0.2) is 28.1 Å². The molecular formula is C12H10BrNO3S. The zero-order chi connectivity index (χ0) is 13.1. The minimum Gasteiger partial charge on any atom is -0.508 e. The number of benzene rings is 1. The van der Waals surface area contributed by atoms with Crippen LogP contribution in [0.1, 0.15) is 16.3 Å². The molecule has 4 nitrogen and oxygen atoms in total. The number of nitrogens with zero attached hydrogens (tertiary/aromatic N) is 1. The van der Waals surface area contributed by atoms with Crippen molar-refractivity contribution in [3.8, 4) is 5.75 Å². The van der Waals surface area contributed by atoms with E-state index in [0.717, 1.165) is 15.0 Å². The lowest BCUT2D eigenvalue weighted by molar-refractivity contribution is -0.136. The van der Waals surface area contributed by atoms with E-state index in [0.29, 0.717) is 12.1 Å². The number of aromatic hydroxyl groups is 1. The predicted octanol–water partition coefficient (Wildman–Crippen LogP) is 2.83. The van der Waals surface area contributed by atoms with Crippen LogP contribution in [0, 0.1) is 0 Å². The Labute approximate surface area is 116 Å². The summed E-state index contributed by atoms with van der Waals surface area (Å²) in [6.45, 7) is 0. The van der Waals surface area contributed by atoms with Crippen LogP contribution >= 0.6 is 27.3 Å². The largest absolute Gasteiger partial charge is 0.508 e. The van der Waals surface area contributed by atoms with Crippen molar-refractivity contribution in [2.75, 3.05) is 0 Å². The Morgan fingerprint density at radius 1 is 1.44 bits per heavy atom. The van der Waals surface area contributed by atoms with Gasteiger partial charge in [-0.1, -0.05) is 15.9 Å². The number of phenols is 1. The van der Waals surface area contributed by atoms with Gasteiger partial charge in [-0.15, -0.1) is 11.3 Å². The number of halogens is 1. The van der Waals surface area contributed by atoms with E-state index >= 15 is 0 Å². The SMILES string of the molecule is O=C(O)Cc1csc(Cc2cc(Br)ccc2O)n1. The van der Waals surface area contributed by atoms with E-state index in [1.54, 1.807) is 17.5 Å². The summed E-state index contributed by atoms with van der Waals surface area (Å²) >= 11 is 4.74. The van der Waals surface area contributed by atoms with Crippen molar-refractivity contribution >= 4 is 33.2 Å². The lowest BCUT2D eigenvalue weighted by Gasteiger charge is -2.02. The van der Waals surface area contributed by atoms with Crippen LogP contribution in [-0.2, 0) is 17.6 Å². The molecule has 0 bridgehead atoms. The maximum atomic E-state index is 10.6. The van der Waals surface area contributed by atoms with Gasteiger partial charge in [0, 0.05) is 21.8 Å². The average Bonchev–Trinajstić information content (AvgIpc) is 2.70. The van der Waals surface area contributed by atoms with Crippen molar-refractivity contribution in [3.63, 3.8) is 0 Å². The molecule has 0 aliphatic carbocycles. The molecule has 0 amide bonds. The molecule has 0 aliphatic heterocycles. The van der Waals surface area contributed by atoms with Crippen LogP contribution in [0.3, 0.4) is 0 Å². The fourth-order valence-electron chi connectivity index (χ4n) is 1.52. The van der Waals surface area contributed by atoms with E-state index in [9.17, 15) is 9.90 Å². The zero-order valence-electron chi connectivity index (χ0n) is 9.26. The Morgan fingerprint density at radius 3 is 2.94 bits per heavy atom. The summed E-state index contributed by atoms with van der Waals surface area (Å²) in [4.78, 5) is 14.8. The molecule has 18 heavy (non-hydrogen) atoms. The van der Waals surface area contributed by atoms with Gasteiger partial charge in [-0.2, -0.15) is 0 Å². The van der Waals surface area contributed by atoms with Crippen LogP contribution in [0.5, 0.6) is 5.75 Å². The molecule has 1 aromatic heterocycles. The van der Waals surface area contributed by atoms with Crippen LogP contribution in [0.2, 0.25) is 0 Å². The van der Waals surface area contributed by atoms with Crippen LogP contribution in [0.25, 0.3) is 0 Å². The summed E-state index contributed by atoms with van der Waals surface area (Å²) in [6.07, 6.45) is 0.427. The topological polar surface area (TPSA) is 70.4 Å². The van der Waals surface area contributed by atoms with Crippen molar-refractivity contribution in [1.82, 2.24) is 4.98 Å². The average molecular weight is 328 g/mol. The first-order valence-corrected chi connectivity index (χ1v) is 6.84. The molecule has 0 spiro atoms. The van der Waals surface area contributed by atoms with E-state index in [4.69, 9.17) is 5.11 Å². The van der Waals surface area contributed by atoms with Gasteiger partial charge in [0.25, 0.3) is 0 Å². The van der Waals surface area contributed by atoms with Gasteiger partial charge >= 0.3 is 5.97 Å². The maximum Gasteiger partial charge on any atom is 0.309 e. The van der Waals surface area contributed by atoms with Crippen molar-refractivity contribution in [2.24, 2.45) is 0 Å². The van der Waals surface area contributed by atoms with Crippen LogP contribution in [-0.4, -0.2) is 21.2 Å². The summed E-state index contributed by atoms with van der Waals surface area (Å²) in [5, 5.41) is 20.9. The second-order valence-corrected chi connectivity index (χ2v) is 5.61. The van der Waals surface area contributed by atoms with Crippen molar-refractivity contribution < 1.29 is 15.0 Å². The van der Waals surface area contributed by atoms with Crippen molar-refractivity contribution in [1.29, 1.82) is 0 Å². The molecular weight excluding hydrogens is 318 g/mol. The molecule has 1 heterocycles. The summed E-state index contributed by atoms with van der Waals surface area (Å²) in [7, 11) is 0. The number of carbonyl (C=O) groups is 1. The number of aromatic nitrogens is 1. The molecule has 0 aliphatic rings. The number of carboxylic acids is 1. The first kappa shape index (κ1) is 13.0. The lowest BCUT2D eigenvalue weighted by Crippen LogP contribution is -2.00. The van der Waals surface area contributed by atoms with E-state index in [1.165, 1.54) is 11.3 Å². The van der Waals surface area contributed by atoms with Crippen LogP contribution < -0.4 is 0 Å². The molecule has 1 aromatic carbocycles. The summed E-state index contributed by atoms with van der Waals surface area (Å²) in [5.41, 5.74) is 1.32. The minimum atomic E-state index is -0.892. The quantitative estimate of drug-likeness (QED) is 0.905. The molecule has 6 heteroatoms. The summed E-state index contributed by atoms with van der Waals surface area (Å²) in [6, 6.07) is 5.20. The molecule has 0 saturated carbocycles. The van der Waals surface area contributed by atoms with Gasteiger partial charge in [0.2, 0.25) is 0 Å². The number of hydrogen-bond donors (Lipinski definition) is 2. The standard InChI is InChI=1S/C12H10BrNO3S/c13-8-1-2-10(15)7(3-8)4-11-14-9(6-18-11)5-12(16)17/h1-3,6,15H,4-5H2,(H,16,17). The monoisotopic (exact) mass is 327 g/mol. The fourth-order valence-corrected chi connectivity index (χ4v) is 2.75. The van der Waals surface area contributed by atoms with Gasteiger partial charge in [-0.3, -0.25) is 4.79 Å². The van der Waals surface area contributed by atoms with E-state index in [2.05, 4.69) is 20.9 Å². The molecule has 0 atom stereocenters. The predicted molar refractivity (Wildman–Crippen MR) is 72.1 cm³/mol. The Balaban J connectivity index is 2.16. The van der Waals surface area contributed by atoms with Crippen molar-refractivity contribution in [3.05, 3.63) is 44.3 Å². The van der Waals surface area contributed by atoms with Gasteiger partial charge < -0.3 is 10.2 Å². The first-order valence-electron chi connectivity index (χ1n) is 5.17. The molecule has 2 N–H and O–H groups in total. The van der Waals surface area contributed by atoms with Gasteiger partial charge in [0.05, 0.1) is 17.1 Å². The number of phenolic OH excluding ortho intramolecular Hbond substituents is 1. The normalized spacial score (nSPS) is 10.5. The molecule has 0 radical (unpaired) electrons. The Bertz CT molecular complexity index is 582. The molecule has 0 unspecified atom stereocenters. The molecule has 0 fully saturated rings. The number of carboxylic acid groups (broad SMARTS) is 1. The second-order valence-electron chi connectivity index (χ2n) is 3.75. The summed E-state index contributed by atoms with van der Waals surface area (Å²) < 4.78 is 0.887. The molecule has 2 rings (SSSR count). The summed E-state index contributed by atoms with van der Waals surface area (Å²) in [5.74, 6) is -0.676. The van der Waals surface area contributed by atoms with E-state index in [1.807, 2.05) is 6.07 Å². The third-order valence-electron chi connectivity index (χ3n) is 2.31. The lowest BCUT2D eigenvalue weighted by atomic mass is 10.1. The third-order valence-corrected chi connectivity index (χ3v) is 3.71. The van der Waals surface area contributed by atoms with Gasteiger partial charge in [-0.05, 0) is 18.2 Å². The second kappa shape index (κ2) is 5.49. The van der Waals surface area contributed by atoms with E-state index < -0.39 is 5.97 Å². The van der Waals surface area contributed by atoms with Gasteiger partial charge in [0.15, 0.2) is 0 Å². The first-order chi connectivity index (χ1) is 8.54. The number of rotatable bonds is 4.